The van der Waals surface area contributed by atoms with Gasteiger partial charge in [-0.1, -0.05) is 0 Å². The third-order valence-corrected chi connectivity index (χ3v) is 7.11. The molecule has 1 aliphatic carbocycles. The molecule has 0 radical (unpaired) electrons. The van der Waals surface area contributed by atoms with Crippen LogP contribution in [-0.4, -0.2) is 52.3 Å². The maximum absolute atomic E-state index is 13.6. The lowest BCUT2D eigenvalue weighted by Crippen LogP contribution is -2.39. The molecule has 0 bridgehead atoms. The summed E-state index contributed by atoms with van der Waals surface area (Å²) >= 11 is 0. The fraction of sp³-hybridized carbons (Fsp3) is 0.375. The minimum Gasteiger partial charge on any atom is -0.383 e. The Morgan fingerprint density at radius 3 is 2.49 bits per heavy atom. The maximum atomic E-state index is 13.6. The van der Waals surface area contributed by atoms with E-state index in [0.717, 1.165) is 12.8 Å². The number of imidazole rings is 1. The summed E-state index contributed by atoms with van der Waals surface area (Å²) in [5, 5.41) is 2.79. The summed E-state index contributed by atoms with van der Waals surface area (Å²) in [5.74, 6) is -4.67. The minimum absolute atomic E-state index is 0.00138. The van der Waals surface area contributed by atoms with E-state index in [0.29, 0.717) is 17.0 Å². The summed E-state index contributed by atoms with van der Waals surface area (Å²) in [5.41, 5.74) is 6.26. The number of nitrogens with one attached hydrogen (secondary N) is 1. The summed E-state index contributed by atoms with van der Waals surface area (Å²) in [7, 11) is 0. The second kappa shape index (κ2) is 8.35. The summed E-state index contributed by atoms with van der Waals surface area (Å²) in [4.78, 5) is 39.2. The Kier molecular flexibility index (Phi) is 5.35. The Labute approximate surface area is 216 Å². The van der Waals surface area contributed by atoms with Crippen LogP contribution >= 0.6 is 0 Å². The van der Waals surface area contributed by atoms with Gasteiger partial charge in [0.15, 0.2) is 11.5 Å². The zero-order valence-corrected chi connectivity index (χ0v) is 20.3. The number of hydrogen-bond donors (Lipinski definition) is 2. The van der Waals surface area contributed by atoms with Crippen LogP contribution in [0.25, 0.3) is 17.2 Å². The Morgan fingerprint density at radius 2 is 1.82 bits per heavy atom. The van der Waals surface area contributed by atoms with Crippen LogP contribution in [0.2, 0.25) is 0 Å². The molecule has 0 aromatic carbocycles. The lowest BCUT2D eigenvalue weighted by molar-refractivity contribution is -0.284. The van der Waals surface area contributed by atoms with Gasteiger partial charge in [-0.15, -0.1) is 0 Å². The lowest BCUT2D eigenvalue weighted by Gasteiger charge is -2.27. The number of carbonyl (C=O) groups is 1. The van der Waals surface area contributed by atoms with Gasteiger partial charge in [-0.25, -0.2) is 29.9 Å². The molecule has 39 heavy (non-hydrogen) atoms. The average molecular weight is 545 g/mol. The van der Waals surface area contributed by atoms with E-state index in [9.17, 15) is 26.7 Å². The third-order valence-electron chi connectivity index (χ3n) is 7.11. The normalized spacial score (nSPS) is 19.4. The van der Waals surface area contributed by atoms with Crippen LogP contribution < -0.4 is 11.1 Å². The number of rotatable bonds is 6. The summed E-state index contributed by atoms with van der Waals surface area (Å²) in [6.45, 7) is 1.72. The van der Waals surface area contributed by atoms with Crippen molar-refractivity contribution in [2.45, 2.75) is 50.1 Å². The molecule has 5 heterocycles. The molecule has 1 fully saturated rings. The van der Waals surface area contributed by atoms with Crippen LogP contribution in [0.15, 0.2) is 31.0 Å². The molecule has 1 saturated carbocycles. The molecule has 0 saturated heterocycles. The van der Waals surface area contributed by atoms with Gasteiger partial charge in [0.1, 0.15) is 28.6 Å². The molecule has 15 heteroatoms. The number of nitrogens with zero attached hydrogens (tertiary/aromatic N) is 7. The van der Waals surface area contributed by atoms with Crippen molar-refractivity contribution in [2.24, 2.45) is 5.92 Å². The molecular formula is C24H20F5N9O. The number of anilines is 2. The van der Waals surface area contributed by atoms with Gasteiger partial charge in [-0.05, 0) is 32.1 Å². The van der Waals surface area contributed by atoms with Crippen molar-refractivity contribution in [1.82, 2.24) is 34.3 Å². The monoisotopic (exact) mass is 545 g/mol. The van der Waals surface area contributed by atoms with E-state index in [2.05, 4.69) is 35.2 Å². The van der Waals surface area contributed by atoms with Crippen molar-refractivity contribution in [1.29, 1.82) is 0 Å². The van der Waals surface area contributed by atoms with E-state index >= 15 is 0 Å². The highest BCUT2D eigenvalue weighted by Crippen LogP contribution is 2.57. The topological polar surface area (TPSA) is 137 Å². The number of aromatic nitrogens is 7. The smallest absolute Gasteiger partial charge is 0.383 e. The number of alkyl halides is 5. The molecule has 10 nitrogen and oxygen atoms in total. The van der Waals surface area contributed by atoms with E-state index in [-0.39, 0.29) is 46.3 Å². The highest BCUT2D eigenvalue weighted by Gasteiger charge is 2.60. The van der Waals surface area contributed by atoms with Crippen molar-refractivity contribution in [3.8, 4) is 11.5 Å². The molecule has 202 valence electrons. The van der Waals surface area contributed by atoms with Gasteiger partial charge in [-0.2, -0.15) is 22.0 Å². The Morgan fingerprint density at radius 1 is 1.10 bits per heavy atom. The van der Waals surface area contributed by atoms with Crippen molar-refractivity contribution >= 4 is 23.2 Å². The molecule has 1 aliphatic heterocycles. The van der Waals surface area contributed by atoms with Crippen molar-refractivity contribution < 1.29 is 26.7 Å². The summed E-state index contributed by atoms with van der Waals surface area (Å²) < 4.78 is 66.9. The molecule has 1 atom stereocenters. The molecule has 3 N–H and O–H groups in total. The molecule has 2 aliphatic rings. The first-order valence-corrected chi connectivity index (χ1v) is 12.0. The molecular weight excluding hydrogens is 525 g/mol. The first kappa shape index (κ1) is 25.0. The van der Waals surface area contributed by atoms with Gasteiger partial charge in [0.05, 0.1) is 11.3 Å². The van der Waals surface area contributed by atoms with E-state index in [4.69, 9.17) is 5.73 Å². The van der Waals surface area contributed by atoms with E-state index < -0.39 is 30.4 Å². The molecule has 6 rings (SSSR count). The van der Waals surface area contributed by atoms with Crippen molar-refractivity contribution in [2.75, 3.05) is 11.1 Å². The number of carbonyl (C=O) groups excluding carboxylic acids is 1. The molecule has 0 spiro atoms. The number of hydrogen-bond acceptors (Lipinski definition) is 8. The fourth-order valence-corrected chi connectivity index (χ4v) is 5.09. The molecule has 4 aromatic rings. The van der Waals surface area contributed by atoms with Crippen molar-refractivity contribution in [3.05, 3.63) is 53.6 Å². The van der Waals surface area contributed by atoms with Crippen LogP contribution in [0.4, 0.5) is 33.6 Å². The van der Waals surface area contributed by atoms with Crippen LogP contribution in [0, 0.1) is 12.8 Å². The highest BCUT2D eigenvalue weighted by molar-refractivity contribution is 6.10. The van der Waals surface area contributed by atoms with E-state index in [1.807, 2.05) is 0 Å². The number of amides is 1. The SMILES string of the molecule is Cc1ncc(C2(C3CC3)C(=O)Nc3nc(-c4cn5ccnc5c(CCC(F)(F)C(F)(F)F)n4)nc(N)c32)cn1. The Hall–Kier alpha value is -4.30. The average Bonchev–Trinajstić information content (AvgIpc) is 3.52. The maximum Gasteiger partial charge on any atom is 0.453 e. The second-order valence-electron chi connectivity index (χ2n) is 9.64. The Balaban J connectivity index is 1.43. The third kappa shape index (κ3) is 3.86. The number of aryl methyl sites for hydroxylation is 2. The lowest BCUT2D eigenvalue weighted by atomic mass is 9.72. The minimum atomic E-state index is -5.69. The summed E-state index contributed by atoms with van der Waals surface area (Å²) in [6, 6.07) is 0. The zero-order valence-electron chi connectivity index (χ0n) is 20.3. The predicted molar refractivity (Wildman–Crippen MR) is 127 cm³/mol. The zero-order chi connectivity index (χ0) is 27.7. The van der Waals surface area contributed by atoms with Crippen LogP contribution in [0.5, 0.6) is 0 Å². The van der Waals surface area contributed by atoms with Gasteiger partial charge in [-0.3, -0.25) is 4.79 Å². The fourth-order valence-electron chi connectivity index (χ4n) is 5.09. The van der Waals surface area contributed by atoms with Crippen LogP contribution in [0.3, 0.4) is 0 Å². The first-order chi connectivity index (χ1) is 18.4. The number of nitrogen functional groups attached to an aromatic ring is 1. The standard InChI is InChI=1S/C24H20F5N9O/c1-11-32-8-13(9-33-11)23(12-2-3-12)16-17(30)35-18(36-19(16)37-21(23)39)15-10-38-7-6-31-20(38)14(34-15)4-5-22(25,26)24(27,28)29/h6-10,12H,2-5H2,1H3,(H3,30,35,36,37,39). The van der Waals surface area contributed by atoms with Gasteiger partial charge in [0, 0.05) is 43.0 Å². The largest absolute Gasteiger partial charge is 0.453 e. The highest BCUT2D eigenvalue weighted by atomic mass is 19.4. The van der Waals surface area contributed by atoms with Crippen LogP contribution in [-0.2, 0) is 16.6 Å². The van der Waals surface area contributed by atoms with Gasteiger partial charge in [0.2, 0.25) is 5.91 Å². The van der Waals surface area contributed by atoms with Gasteiger partial charge < -0.3 is 15.5 Å². The Bertz CT molecular complexity index is 1620. The van der Waals surface area contributed by atoms with Crippen LogP contribution in [0.1, 0.15) is 41.9 Å². The molecule has 1 amide bonds. The van der Waals surface area contributed by atoms with E-state index in [1.165, 1.54) is 23.0 Å². The van der Waals surface area contributed by atoms with Gasteiger partial charge >= 0.3 is 12.1 Å². The number of fused-ring (bicyclic) bond motifs is 2. The molecule has 4 aromatic heterocycles. The van der Waals surface area contributed by atoms with E-state index in [1.54, 1.807) is 19.3 Å². The van der Waals surface area contributed by atoms with Crippen molar-refractivity contribution in [3.63, 3.8) is 0 Å². The predicted octanol–water partition coefficient (Wildman–Crippen LogP) is 3.65. The summed E-state index contributed by atoms with van der Waals surface area (Å²) in [6.07, 6.45) is 1.09. The van der Waals surface area contributed by atoms with Gasteiger partial charge in [0.25, 0.3) is 0 Å². The number of halogens is 5. The number of nitrogens with two attached hydrogens (primary N) is 1. The second-order valence-corrected chi connectivity index (χ2v) is 9.64. The quantitative estimate of drug-likeness (QED) is 0.351. The molecule has 1 unspecified atom stereocenters. The first-order valence-electron chi connectivity index (χ1n) is 12.0.